The van der Waals surface area contributed by atoms with Gasteiger partial charge < -0.3 is 10.0 Å². The van der Waals surface area contributed by atoms with Crippen LogP contribution in [0.2, 0.25) is 0 Å². The van der Waals surface area contributed by atoms with Gasteiger partial charge >= 0.3 is 0 Å². The van der Waals surface area contributed by atoms with E-state index in [0.29, 0.717) is 6.04 Å². The summed E-state index contributed by atoms with van der Waals surface area (Å²) in [4.78, 5) is 8.55. The van der Waals surface area contributed by atoms with Crippen molar-refractivity contribution in [3.05, 3.63) is 10.6 Å². The lowest BCUT2D eigenvalue weighted by Crippen LogP contribution is -2.27. The van der Waals surface area contributed by atoms with Crippen LogP contribution < -0.4 is 4.90 Å². The van der Waals surface area contributed by atoms with E-state index >= 15 is 0 Å². The third kappa shape index (κ3) is 3.42. The summed E-state index contributed by atoms with van der Waals surface area (Å²) < 4.78 is 0. The molecule has 2 aliphatic rings. The molecule has 0 bridgehead atoms. The standard InChI is InChI=1S/C17H28N2OS/c1-11(2)7-8-19(12-5-6-12)16-18-13-9-17(3,4)10-14(20)15(13)21-16/h11-12,14,20H,5-10H2,1-4H3. The molecule has 0 amide bonds. The Hall–Kier alpha value is -0.610. The predicted molar refractivity (Wildman–Crippen MR) is 89.0 cm³/mol. The van der Waals surface area contributed by atoms with Crippen molar-refractivity contribution in [1.82, 2.24) is 4.98 Å². The second kappa shape index (κ2) is 5.54. The molecular formula is C17H28N2OS. The summed E-state index contributed by atoms with van der Waals surface area (Å²) in [5.74, 6) is 0.727. The summed E-state index contributed by atoms with van der Waals surface area (Å²) in [6.45, 7) is 10.1. The average molecular weight is 308 g/mol. The monoisotopic (exact) mass is 308 g/mol. The van der Waals surface area contributed by atoms with Crippen LogP contribution in [0, 0.1) is 11.3 Å². The summed E-state index contributed by atoms with van der Waals surface area (Å²) in [5, 5.41) is 11.6. The van der Waals surface area contributed by atoms with Gasteiger partial charge in [-0.1, -0.05) is 39.0 Å². The molecule has 0 aliphatic heterocycles. The molecule has 3 nitrogen and oxygen atoms in total. The molecule has 1 fully saturated rings. The lowest BCUT2D eigenvalue weighted by molar-refractivity contribution is 0.102. The lowest BCUT2D eigenvalue weighted by atomic mass is 9.77. The van der Waals surface area contributed by atoms with Crippen LogP contribution in [0.5, 0.6) is 0 Å². The molecule has 0 radical (unpaired) electrons. The summed E-state index contributed by atoms with van der Waals surface area (Å²) in [6.07, 6.45) is 5.36. The van der Waals surface area contributed by atoms with Crippen molar-refractivity contribution in [2.24, 2.45) is 11.3 Å². The Morgan fingerprint density at radius 2 is 2.10 bits per heavy atom. The van der Waals surface area contributed by atoms with Gasteiger partial charge in [0.05, 0.1) is 16.7 Å². The van der Waals surface area contributed by atoms with E-state index in [2.05, 4.69) is 32.6 Å². The van der Waals surface area contributed by atoms with Crippen molar-refractivity contribution >= 4 is 16.5 Å². The number of nitrogens with zero attached hydrogens (tertiary/aromatic N) is 2. The van der Waals surface area contributed by atoms with E-state index in [4.69, 9.17) is 4.98 Å². The van der Waals surface area contributed by atoms with Crippen molar-refractivity contribution < 1.29 is 5.11 Å². The summed E-state index contributed by atoms with van der Waals surface area (Å²) in [5.41, 5.74) is 1.31. The van der Waals surface area contributed by atoms with E-state index in [1.807, 2.05) is 0 Å². The SMILES string of the molecule is CC(C)CCN(c1nc2c(s1)C(O)CC(C)(C)C2)C1CC1. The van der Waals surface area contributed by atoms with Crippen molar-refractivity contribution in [3.8, 4) is 0 Å². The zero-order chi connectivity index (χ0) is 15.2. The van der Waals surface area contributed by atoms with Crippen LogP contribution in [0.15, 0.2) is 0 Å². The summed E-state index contributed by atoms with van der Waals surface area (Å²) in [7, 11) is 0. The van der Waals surface area contributed by atoms with E-state index < -0.39 is 0 Å². The van der Waals surface area contributed by atoms with Gasteiger partial charge in [-0.25, -0.2) is 4.98 Å². The Morgan fingerprint density at radius 1 is 1.38 bits per heavy atom. The molecule has 0 aromatic carbocycles. The Kier molecular flexibility index (Phi) is 4.04. The summed E-state index contributed by atoms with van der Waals surface area (Å²) >= 11 is 1.74. The molecule has 1 atom stereocenters. The van der Waals surface area contributed by atoms with Crippen molar-refractivity contribution in [3.63, 3.8) is 0 Å². The molecule has 2 aliphatic carbocycles. The van der Waals surface area contributed by atoms with Gasteiger partial charge in [-0.3, -0.25) is 0 Å². The van der Waals surface area contributed by atoms with Gasteiger partial charge in [0.2, 0.25) is 0 Å². The van der Waals surface area contributed by atoms with E-state index in [0.717, 1.165) is 41.0 Å². The van der Waals surface area contributed by atoms with E-state index in [-0.39, 0.29) is 11.5 Å². The number of thiazole rings is 1. The largest absolute Gasteiger partial charge is 0.387 e. The zero-order valence-corrected chi connectivity index (χ0v) is 14.5. The Morgan fingerprint density at radius 3 is 2.71 bits per heavy atom. The first-order chi connectivity index (χ1) is 9.85. The molecule has 1 aromatic heterocycles. The number of anilines is 1. The number of aliphatic hydroxyl groups is 1. The Balaban J connectivity index is 1.82. The molecule has 4 heteroatoms. The van der Waals surface area contributed by atoms with Gasteiger partial charge in [0.15, 0.2) is 5.13 Å². The van der Waals surface area contributed by atoms with Gasteiger partial charge in [0.1, 0.15) is 0 Å². The molecule has 1 unspecified atom stereocenters. The fourth-order valence-electron chi connectivity index (χ4n) is 3.22. The molecule has 1 heterocycles. The second-order valence-electron chi connectivity index (χ2n) is 7.98. The van der Waals surface area contributed by atoms with Crippen LogP contribution in [-0.4, -0.2) is 22.7 Å². The molecular weight excluding hydrogens is 280 g/mol. The quantitative estimate of drug-likeness (QED) is 0.887. The number of aromatic nitrogens is 1. The molecule has 118 valence electrons. The number of hydrogen-bond donors (Lipinski definition) is 1. The van der Waals surface area contributed by atoms with Crippen LogP contribution in [0.4, 0.5) is 5.13 Å². The highest BCUT2D eigenvalue weighted by molar-refractivity contribution is 7.15. The second-order valence-corrected chi connectivity index (χ2v) is 8.98. The third-order valence-electron chi connectivity index (χ3n) is 4.59. The highest BCUT2D eigenvalue weighted by Crippen LogP contribution is 2.46. The highest BCUT2D eigenvalue weighted by atomic mass is 32.1. The van der Waals surface area contributed by atoms with Crippen molar-refractivity contribution in [2.45, 2.75) is 71.9 Å². The van der Waals surface area contributed by atoms with Gasteiger partial charge in [0, 0.05) is 12.6 Å². The molecule has 3 rings (SSSR count). The van der Waals surface area contributed by atoms with E-state index in [1.54, 1.807) is 11.3 Å². The normalized spacial score (nSPS) is 24.2. The van der Waals surface area contributed by atoms with Crippen LogP contribution in [-0.2, 0) is 6.42 Å². The number of hydrogen-bond acceptors (Lipinski definition) is 4. The van der Waals surface area contributed by atoms with Crippen LogP contribution >= 0.6 is 11.3 Å². The minimum Gasteiger partial charge on any atom is -0.387 e. The zero-order valence-electron chi connectivity index (χ0n) is 13.7. The lowest BCUT2D eigenvalue weighted by Gasteiger charge is -2.31. The van der Waals surface area contributed by atoms with Gasteiger partial charge in [0.25, 0.3) is 0 Å². The first kappa shape index (κ1) is 15.3. The fourth-order valence-corrected chi connectivity index (χ4v) is 4.39. The van der Waals surface area contributed by atoms with Gasteiger partial charge in [-0.15, -0.1) is 0 Å². The minimum absolute atomic E-state index is 0.167. The number of aliphatic hydroxyl groups excluding tert-OH is 1. The maximum Gasteiger partial charge on any atom is 0.186 e. The predicted octanol–water partition coefficient (Wildman–Crippen LogP) is 4.16. The van der Waals surface area contributed by atoms with Crippen molar-refractivity contribution in [2.75, 3.05) is 11.4 Å². The smallest absolute Gasteiger partial charge is 0.186 e. The Labute approximate surface area is 132 Å². The molecule has 1 saturated carbocycles. The molecule has 21 heavy (non-hydrogen) atoms. The van der Waals surface area contributed by atoms with E-state index in [9.17, 15) is 5.11 Å². The van der Waals surface area contributed by atoms with Gasteiger partial charge in [-0.2, -0.15) is 0 Å². The molecule has 1 N–H and O–H groups in total. The van der Waals surface area contributed by atoms with Crippen LogP contribution in [0.1, 0.15) is 70.1 Å². The van der Waals surface area contributed by atoms with Crippen LogP contribution in [0.3, 0.4) is 0 Å². The maximum absolute atomic E-state index is 10.4. The molecule has 0 saturated heterocycles. The van der Waals surface area contributed by atoms with Crippen LogP contribution in [0.25, 0.3) is 0 Å². The molecule has 0 spiro atoms. The minimum atomic E-state index is -0.318. The topological polar surface area (TPSA) is 36.4 Å². The third-order valence-corrected chi connectivity index (χ3v) is 5.83. The summed E-state index contributed by atoms with van der Waals surface area (Å²) in [6, 6.07) is 0.696. The molecule has 1 aromatic rings. The first-order valence-electron chi connectivity index (χ1n) is 8.30. The highest BCUT2D eigenvalue weighted by Gasteiger charge is 2.37. The maximum atomic E-state index is 10.4. The van der Waals surface area contributed by atoms with Crippen molar-refractivity contribution in [1.29, 1.82) is 0 Å². The van der Waals surface area contributed by atoms with E-state index in [1.165, 1.54) is 19.3 Å². The first-order valence-corrected chi connectivity index (χ1v) is 9.12. The number of fused-ring (bicyclic) bond motifs is 1. The Bertz CT molecular complexity index is 505. The fraction of sp³-hybridized carbons (Fsp3) is 0.824. The van der Waals surface area contributed by atoms with Gasteiger partial charge in [-0.05, 0) is 43.4 Å². The number of rotatable bonds is 5. The average Bonchev–Trinajstić information content (AvgIpc) is 3.09.